The Balaban J connectivity index is 2.18. The van der Waals surface area contributed by atoms with Gasteiger partial charge >= 0.3 is 0 Å². The van der Waals surface area contributed by atoms with Crippen molar-refractivity contribution in [2.45, 2.75) is 12.5 Å². The highest BCUT2D eigenvalue weighted by atomic mass is 79.9. The lowest BCUT2D eigenvalue weighted by Gasteiger charge is -2.15. The number of ether oxygens (including phenoxy) is 1. The highest BCUT2D eigenvalue weighted by Crippen LogP contribution is 2.28. The zero-order chi connectivity index (χ0) is 13.8. The van der Waals surface area contributed by atoms with E-state index in [0.29, 0.717) is 5.02 Å². The van der Waals surface area contributed by atoms with Gasteiger partial charge in [-0.15, -0.1) is 0 Å². The van der Waals surface area contributed by atoms with Crippen LogP contribution in [0, 0.1) is 0 Å². The molecule has 0 radical (unpaired) electrons. The van der Waals surface area contributed by atoms with Crippen LogP contribution in [0.15, 0.2) is 46.9 Å². The Morgan fingerprint density at radius 2 is 2.05 bits per heavy atom. The molecule has 0 amide bonds. The van der Waals surface area contributed by atoms with Crippen molar-refractivity contribution in [1.29, 1.82) is 0 Å². The summed E-state index contributed by atoms with van der Waals surface area (Å²) in [5.41, 5.74) is 8.34. The second-order valence-electron chi connectivity index (χ2n) is 4.33. The second-order valence-corrected chi connectivity index (χ2v) is 5.65. The number of methoxy groups -OCH3 is 1. The Bertz CT molecular complexity index is 574. The van der Waals surface area contributed by atoms with Gasteiger partial charge in [0.1, 0.15) is 5.75 Å². The maximum atomic E-state index is 6.23. The van der Waals surface area contributed by atoms with Gasteiger partial charge in [0, 0.05) is 15.5 Å². The molecule has 4 heteroatoms. The van der Waals surface area contributed by atoms with Crippen LogP contribution in [0.3, 0.4) is 0 Å². The molecule has 0 aromatic heterocycles. The Kier molecular flexibility index (Phi) is 4.86. The Morgan fingerprint density at radius 3 is 2.68 bits per heavy atom. The third-order valence-corrected chi connectivity index (χ3v) is 3.77. The average molecular weight is 341 g/mol. The molecule has 19 heavy (non-hydrogen) atoms. The van der Waals surface area contributed by atoms with Crippen molar-refractivity contribution in [2.24, 2.45) is 5.73 Å². The number of nitrogens with two attached hydrogens (primary N) is 1. The monoisotopic (exact) mass is 339 g/mol. The fraction of sp³-hybridized carbons (Fsp3) is 0.200. The second kappa shape index (κ2) is 6.42. The highest BCUT2D eigenvalue weighted by Gasteiger charge is 2.12. The Hall–Kier alpha value is -1.03. The molecule has 2 N–H and O–H groups in total. The van der Waals surface area contributed by atoms with Crippen LogP contribution in [0.25, 0.3) is 0 Å². The summed E-state index contributed by atoms with van der Waals surface area (Å²) in [6.07, 6.45) is 0.742. The molecule has 2 aromatic carbocycles. The van der Waals surface area contributed by atoms with E-state index >= 15 is 0 Å². The minimum atomic E-state index is -0.132. The Morgan fingerprint density at radius 1 is 1.26 bits per heavy atom. The van der Waals surface area contributed by atoms with Crippen LogP contribution >= 0.6 is 27.5 Å². The molecule has 2 nitrogen and oxygen atoms in total. The fourth-order valence-electron chi connectivity index (χ4n) is 1.96. The molecule has 1 unspecified atom stereocenters. The number of hydrogen-bond acceptors (Lipinski definition) is 2. The standard InChI is InChI=1S/C15H15BrClNO/c1-19-12-5-6-13(14(17)9-12)15(18)8-10-3-2-4-11(16)7-10/h2-7,9,15H,8,18H2,1H3. The van der Waals surface area contributed by atoms with Gasteiger partial charge < -0.3 is 10.5 Å². The van der Waals surface area contributed by atoms with Gasteiger partial charge in [0.05, 0.1) is 7.11 Å². The topological polar surface area (TPSA) is 35.2 Å². The van der Waals surface area contributed by atoms with Crippen molar-refractivity contribution in [1.82, 2.24) is 0 Å². The van der Waals surface area contributed by atoms with E-state index in [1.807, 2.05) is 24.3 Å². The third kappa shape index (κ3) is 3.72. The number of rotatable bonds is 4. The average Bonchev–Trinajstić information content (AvgIpc) is 2.38. The predicted molar refractivity (Wildman–Crippen MR) is 82.8 cm³/mol. The zero-order valence-electron chi connectivity index (χ0n) is 10.6. The molecule has 0 saturated carbocycles. The van der Waals surface area contributed by atoms with Crippen molar-refractivity contribution in [3.63, 3.8) is 0 Å². The predicted octanol–water partition coefficient (Wildman–Crippen LogP) is 4.35. The maximum Gasteiger partial charge on any atom is 0.120 e. The molecule has 0 aliphatic carbocycles. The maximum absolute atomic E-state index is 6.23. The van der Waals surface area contributed by atoms with Gasteiger partial charge in [0.25, 0.3) is 0 Å². The fourth-order valence-corrected chi connectivity index (χ4v) is 2.72. The van der Waals surface area contributed by atoms with E-state index < -0.39 is 0 Å². The van der Waals surface area contributed by atoms with Crippen molar-refractivity contribution < 1.29 is 4.74 Å². The molecular formula is C15H15BrClNO. The molecule has 0 bridgehead atoms. The molecule has 0 saturated heterocycles. The summed E-state index contributed by atoms with van der Waals surface area (Å²) in [4.78, 5) is 0. The van der Waals surface area contributed by atoms with Crippen LogP contribution in [0.4, 0.5) is 0 Å². The highest BCUT2D eigenvalue weighted by molar-refractivity contribution is 9.10. The zero-order valence-corrected chi connectivity index (χ0v) is 12.9. The number of benzene rings is 2. The van der Waals surface area contributed by atoms with E-state index in [1.54, 1.807) is 13.2 Å². The first kappa shape index (κ1) is 14.4. The van der Waals surface area contributed by atoms with Gasteiger partial charge in [0.2, 0.25) is 0 Å². The lowest BCUT2D eigenvalue weighted by atomic mass is 9.99. The molecule has 2 aromatic rings. The first-order chi connectivity index (χ1) is 9.10. The van der Waals surface area contributed by atoms with Crippen molar-refractivity contribution in [3.8, 4) is 5.75 Å². The normalized spacial score (nSPS) is 12.2. The molecule has 0 heterocycles. The van der Waals surface area contributed by atoms with Crippen LogP contribution in [0.1, 0.15) is 17.2 Å². The molecular weight excluding hydrogens is 326 g/mol. The summed E-state index contributed by atoms with van der Waals surface area (Å²) >= 11 is 9.69. The van der Waals surface area contributed by atoms with Crippen LogP contribution < -0.4 is 10.5 Å². The van der Waals surface area contributed by atoms with E-state index in [-0.39, 0.29) is 6.04 Å². The van der Waals surface area contributed by atoms with Gasteiger partial charge in [0.15, 0.2) is 0 Å². The van der Waals surface area contributed by atoms with Crippen molar-refractivity contribution in [2.75, 3.05) is 7.11 Å². The first-order valence-electron chi connectivity index (χ1n) is 5.93. The van der Waals surface area contributed by atoms with Gasteiger partial charge in [-0.25, -0.2) is 0 Å². The minimum Gasteiger partial charge on any atom is -0.497 e. The molecule has 0 aliphatic rings. The molecule has 2 rings (SSSR count). The van der Waals surface area contributed by atoms with Crippen LogP contribution in [-0.4, -0.2) is 7.11 Å². The largest absolute Gasteiger partial charge is 0.497 e. The lowest BCUT2D eigenvalue weighted by Crippen LogP contribution is -2.13. The quantitative estimate of drug-likeness (QED) is 0.898. The third-order valence-electron chi connectivity index (χ3n) is 2.95. The molecule has 100 valence electrons. The minimum absolute atomic E-state index is 0.132. The van der Waals surface area contributed by atoms with Gasteiger partial charge in [-0.3, -0.25) is 0 Å². The summed E-state index contributed by atoms with van der Waals surface area (Å²) < 4.78 is 6.19. The van der Waals surface area contributed by atoms with Crippen molar-refractivity contribution >= 4 is 27.5 Å². The smallest absolute Gasteiger partial charge is 0.120 e. The lowest BCUT2D eigenvalue weighted by molar-refractivity contribution is 0.414. The van der Waals surface area contributed by atoms with Crippen LogP contribution in [-0.2, 0) is 6.42 Å². The summed E-state index contributed by atoms with van der Waals surface area (Å²) in [6, 6.07) is 13.6. The molecule has 0 fully saturated rings. The van der Waals surface area contributed by atoms with E-state index in [2.05, 4.69) is 28.1 Å². The van der Waals surface area contributed by atoms with E-state index in [9.17, 15) is 0 Å². The molecule has 1 atom stereocenters. The van der Waals surface area contributed by atoms with E-state index in [0.717, 1.165) is 22.2 Å². The molecule has 0 spiro atoms. The van der Waals surface area contributed by atoms with Gasteiger partial charge in [-0.05, 0) is 41.8 Å². The Labute approximate surface area is 126 Å². The van der Waals surface area contributed by atoms with E-state index in [1.165, 1.54) is 5.56 Å². The van der Waals surface area contributed by atoms with Gasteiger partial charge in [-0.1, -0.05) is 45.7 Å². The summed E-state index contributed by atoms with van der Waals surface area (Å²) in [7, 11) is 1.62. The van der Waals surface area contributed by atoms with Crippen LogP contribution in [0.5, 0.6) is 5.75 Å². The SMILES string of the molecule is COc1ccc(C(N)Cc2cccc(Br)c2)c(Cl)c1. The summed E-state index contributed by atoms with van der Waals surface area (Å²) in [6.45, 7) is 0. The first-order valence-corrected chi connectivity index (χ1v) is 7.10. The van der Waals surface area contributed by atoms with Gasteiger partial charge in [-0.2, -0.15) is 0 Å². The summed E-state index contributed by atoms with van der Waals surface area (Å²) in [5.74, 6) is 0.739. The van der Waals surface area contributed by atoms with Crippen LogP contribution in [0.2, 0.25) is 5.02 Å². The van der Waals surface area contributed by atoms with E-state index in [4.69, 9.17) is 22.1 Å². The number of hydrogen-bond donors (Lipinski definition) is 1. The number of halogens is 2. The van der Waals surface area contributed by atoms with Crippen molar-refractivity contribution in [3.05, 3.63) is 63.1 Å². The summed E-state index contributed by atoms with van der Waals surface area (Å²) in [5, 5.41) is 0.641. The molecule has 0 aliphatic heterocycles.